The van der Waals surface area contributed by atoms with E-state index in [4.69, 9.17) is 5.73 Å². The lowest BCUT2D eigenvalue weighted by Crippen LogP contribution is -2.32. The molecule has 0 fully saturated rings. The van der Waals surface area contributed by atoms with E-state index in [0.717, 1.165) is 24.4 Å². The van der Waals surface area contributed by atoms with Crippen molar-refractivity contribution in [3.8, 4) is 11.5 Å². The normalized spacial score (nSPS) is 15.8. The van der Waals surface area contributed by atoms with Crippen LogP contribution in [-0.2, 0) is 13.0 Å². The molecule has 0 saturated heterocycles. The number of aromatic amines is 2. The molecule has 1 aliphatic rings. The Hall–Kier alpha value is -1.89. The summed E-state index contributed by atoms with van der Waals surface area (Å²) in [6.07, 6.45) is 2.39. The quantitative estimate of drug-likeness (QED) is 0.748. The number of H-pyrrole nitrogens is 2. The lowest BCUT2D eigenvalue weighted by Gasteiger charge is -2.24. The maximum atomic E-state index is 12.3. The van der Waals surface area contributed by atoms with Crippen LogP contribution >= 0.6 is 0 Å². The van der Waals surface area contributed by atoms with Gasteiger partial charge in [-0.05, 0) is 0 Å². The summed E-state index contributed by atoms with van der Waals surface area (Å²) in [6.45, 7) is 1.71. The molecule has 0 amide bonds. The molecule has 0 bridgehead atoms. The molecule has 0 saturated carbocycles. The molecular weight excluding hydrogens is 235 g/mol. The summed E-state index contributed by atoms with van der Waals surface area (Å²) >= 11 is 0. The van der Waals surface area contributed by atoms with Crippen LogP contribution in [-0.4, -0.2) is 44.8 Å². The van der Waals surface area contributed by atoms with E-state index >= 15 is 0 Å². The highest BCUT2D eigenvalue weighted by Crippen LogP contribution is 2.24. The number of halogens is 1. The number of anilines is 1. The first-order valence-electron chi connectivity index (χ1n) is 5.93. The molecule has 7 heteroatoms. The lowest BCUT2D eigenvalue weighted by atomic mass is 10.1. The van der Waals surface area contributed by atoms with Crippen molar-refractivity contribution in [2.45, 2.75) is 13.0 Å². The molecule has 18 heavy (non-hydrogen) atoms. The van der Waals surface area contributed by atoms with E-state index in [9.17, 15) is 4.39 Å². The smallest absolute Gasteiger partial charge is 0.158 e. The molecule has 0 aliphatic carbocycles. The molecule has 2 aromatic rings. The first-order chi connectivity index (χ1) is 8.78. The molecule has 0 atom stereocenters. The highest BCUT2D eigenvalue weighted by atomic mass is 19.1. The van der Waals surface area contributed by atoms with Gasteiger partial charge < -0.3 is 10.7 Å². The third-order valence-electron chi connectivity index (χ3n) is 3.22. The van der Waals surface area contributed by atoms with Gasteiger partial charge in [0.15, 0.2) is 5.82 Å². The van der Waals surface area contributed by atoms with Crippen molar-refractivity contribution >= 4 is 5.69 Å². The predicted molar refractivity (Wildman–Crippen MR) is 65.5 cm³/mol. The second-order valence-corrected chi connectivity index (χ2v) is 4.43. The Morgan fingerprint density at radius 1 is 1.50 bits per heavy atom. The van der Waals surface area contributed by atoms with E-state index in [0.29, 0.717) is 30.3 Å². The molecule has 6 nitrogen and oxygen atoms in total. The molecule has 1 aliphatic heterocycles. The van der Waals surface area contributed by atoms with Gasteiger partial charge in [-0.15, -0.1) is 0 Å². The zero-order chi connectivity index (χ0) is 12.5. The minimum atomic E-state index is -0.316. The Bertz CT molecular complexity index is 545. The van der Waals surface area contributed by atoms with E-state index in [1.807, 2.05) is 0 Å². The average Bonchev–Trinajstić information content (AvgIpc) is 2.94. The number of alkyl halides is 1. The number of hydrogen-bond donors (Lipinski definition) is 3. The molecule has 3 heterocycles. The maximum absolute atomic E-state index is 12.3. The number of fused-ring (bicyclic) bond motifs is 1. The monoisotopic (exact) mass is 250 g/mol. The Kier molecular flexibility index (Phi) is 2.75. The van der Waals surface area contributed by atoms with Crippen LogP contribution in [0, 0.1) is 0 Å². The largest absolute Gasteiger partial charge is 0.396 e. The van der Waals surface area contributed by atoms with Gasteiger partial charge in [0.05, 0.1) is 23.3 Å². The number of hydrogen-bond acceptors (Lipinski definition) is 4. The van der Waals surface area contributed by atoms with Crippen LogP contribution in [0.5, 0.6) is 0 Å². The fraction of sp³-hybridized carbons (Fsp3) is 0.455. The molecule has 96 valence electrons. The summed E-state index contributed by atoms with van der Waals surface area (Å²) in [5.41, 5.74) is 9.15. The molecule has 3 rings (SSSR count). The molecule has 0 spiro atoms. The minimum Gasteiger partial charge on any atom is -0.396 e. The predicted octanol–water partition coefficient (Wildman–Crippen LogP) is 0.710. The number of rotatable bonds is 3. The molecule has 0 radical (unpaired) electrons. The highest BCUT2D eigenvalue weighted by molar-refractivity contribution is 5.66. The standard InChI is InChI=1S/C11H15FN6/c12-2-4-18-3-1-8-9(6-18)16-11(15-8)10-7(13)5-14-17-10/h5H,1-4,6,13H2,(H,14,17)(H,15,16). The SMILES string of the molecule is Nc1cn[nH]c1-c1nc2c([nH]1)CN(CCF)CC2. The van der Waals surface area contributed by atoms with Crippen molar-refractivity contribution in [1.29, 1.82) is 0 Å². The first kappa shape index (κ1) is 11.2. The number of aromatic nitrogens is 4. The molecule has 0 unspecified atom stereocenters. The van der Waals surface area contributed by atoms with E-state index in [2.05, 4.69) is 25.1 Å². The van der Waals surface area contributed by atoms with Crippen molar-refractivity contribution in [2.24, 2.45) is 0 Å². The highest BCUT2D eigenvalue weighted by Gasteiger charge is 2.21. The maximum Gasteiger partial charge on any atom is 0.158 e. The van der Waals surface area contributed by atoms with Gasteiger partial charge in [-0.3, -0.25) is 10.00 Å². The van der Waals surface area contributed by atoms with Crippen molar-refractivity contribution in [3.63, 3.8) is 0 Å². The van der Waals surface area contributed by atoms with Gasteiger partial charge in [0, 0.05) is 26.1 Å². The second-order valence-electron chi connectivity index (χ2n) is 4.43. The Morgan fingerprint density at radius 2 is 2.39 bits per heavy atom. The van der Waals surface area contributed by atoms with Crippen molar-refractivity contribution < 1.29 is 4.39 Å². The van der Waals surface area contributed by atoms with Crippen molar-refractivity contribution in [2.75, 3.05) is 25.5 Å². The van der Waals surface area contributed by atoms with Crippen LogP contribution in [0.25, 0.3) is 11.5 Å². The van der Waals surface area contributed by atoms with E-state index in [1.165, 1.54) is 0 Å². The van der Waals surface area contributed by atoms with E-state index in [1.54, 1.807) is 6.20 Å². The van der Waals surface area contributed by atoms with Crippen LogP contribution in [0.1, 0.15) is 11.4 Å². The summed E-state index contributed by atoms with van der Waals surface area (Å²) in [5, 5.41) is 6.70. The van der Waals surface area contributed by atoms with Gasteiger partial charge in [-0.25, -0.2) is 9.37 Å². The summed E-state index contributed by atoms with van der Waals surface area (Å²) in [6, 6.07) is 0. The van der Waals surface area contributed by atoms with Gasteiger partial charge >= 0.3 is 0 Å². The number of nitrogens with two attached hydrogens (primary N) is 1. The van der Waals surface area contributed by atoms with Crippen LogP contribution in [0.4, 0.5) is 10.1 Å². The van der Waals surface area contributed by atoms with Crippen molar-refractivity contribution in [1.82, 2.24) is 25.1 Å². The third-order valence-corrected chi connectivity index (χ3v) is 3.22. The second kappa shape index (κ2) is 4.41. The molecule has 0 aromatic carbocycles. The minimum absolute atomic E-state index is 0.316. The van der Waals surface area contributed by atoms with Crippen molar-refractivity contribution in [3.05, 3.63) is 17.6 Å². The number of nitrogens with one attached hydrogen (secondary N) is 2. The molecule has 4 N–H and O–H groups in total. The topological polar surface area (TPSA) is 86.6 Å². The Balaban J connectivity index is 1.87. The zero-order valence-electron chi connectivity index (χ0n) is 9.91. The van der Waals surface area contributed by atoms with Gasteiger partial charge in [-0.2, -0.15) is 5.10 Å². The van der Waals surface area contributed by atoms with Gasteiger partial charge in [0.1, 0.15) is 12.4 Å². The molecule has 2 aromatic heterocycles. The lowest BCUT2D eigenvalue weighted by molar-refractivity contribution is 0.228. The van der Waals surface area contributed by atoms with Crippen LogP contribution < -0.4 is 5.73 Å². The summed E-state index contributed by atoms with van der Waals surface area (Å²) in [5.74, 6) is 0.706. The zero-order valence-corrected chi connectivity index (χ0v) is 9.91. The van der Waals surface area contributed by atoms with Crippen LogP contribution in [0.2, 0.25) is 0 Å². The van der Waals surface area contributed by atoms with E-state index < -0.39 is 0 Å². The van der Waals surface area contributed by atoms with Gasteiger partial charge in [0.25, 0.3) is 0 Å². The fourth-order valence-corrected chi connectivity index (χ4v) is 2.26. The van der Waals surface area contributed by atoms with Crippen LogP contribution in [0.15, 0.2) is 6.20 Å². The third kappa shape index (κ3) is 1.86. The van der Waals surface area contributed by atoms with Crippen LogP contribution in [0.3, 0.4) is 0 Å². The fourth-order valence-electron chi connectivity index (χ4n) is 2.26. The molecular formula is C11H15FN6. The average molecular weight is 250 g/mol. The number of nitrogens with zero attached hydrogens (tertiary/aromatic N) is 3. The summed E-state index contributed by atoms with van der Waals surface area (Å²) in [4.78, 5) is 9.83. The Labute approximate surface area is 103 Å². The summed E-state index contributed by atoms with van der Waals surface area (Å²) in [7, 11) is 0. The van der Waals surface area contributed by atoms with Gasteiger partial charge in [0.2, 0.25) is 0 Å². The summed E-state index contributed by atoms with van der Waals surface area (Å²) < 4.78 is 12.3. The first-order valence-corrected chi connectivity index (χ1v) is 5.93. The Morgan fingerprint density at radius 3 is 3.11 bits per heavy atom. The number of nitrogen functional groups attached to an aromatic ring is 1. The van der Waals surface area contributed by atoms with Gasteiger partial charge in [-0.1, -0.05) is 0 Å². The van der Waals surface area contributed by atoms with E-state index in [-0.39, 0.29) is 6.67 Å². The number of imidazole rings is 1.